The summed E-state index contributed by atoms with van der Waals surface area (Å²) in [4.78, 5) is 17.3. The van der Waals surface area contributed by atoms with Crippen LogP contribution >= 0.6 is 11.6 Å². The molecule has 2 rings (SSSR count). The van der Waals surface area contributed by atoms with Crippen LogP contribution in [0.5, 0.6) is 0 Å². The lowest BCUT2D eigenvalue weighted by molar-refractivity contribution is 0.108. The van der Waals surface area contributed by atoms with E-state index in [0.717, 1.165) is 5.69 Å². The summed E-state index contributed by atoms with van der Waals surface area (Å²) in [7, 11) is 1.85. The Hall–Kier alpha value is -1.87. The van der Waals surface area contributed by atoms with Crippen LogP contribution in [-0.4, -0.2) is 17.3 Å². The lowest BCUT2D eigenvalue weighted by atomic mass is 10.2. The molecule has 0 saturated carbocycles. The average molecular weight is 247 g/mol. The molecule has 17 heavy (non-hydrogen) atoms. The maximum absolute atomic E-state index is 11.3. The van der Waals surface area contributed by atoms with Crippen molar-refractivity contribution in [1.82, 2.24) is 4.98 Å². The summed E-state index contributed by atoms with van der Waals surface area (Å²) in [6, 6.07) is 13.0. The molecule has 0 amide bonds. The van der Waals surface area contributed by atoms with E-state index in [9.17, 15) is 4.79 Å². The molecule has 0 fully saturated rings. The molecule has 0 aliphatic carbocycles. The van der Waals surface area contributed by atoms with E-state index in [2.05, 4.69) is 4.98 Å². The van der Waals surface area contributed by atoms with Crippen LogP contribution in [0.15, 0.2) is 48.7 Å². The molecule has 0 aliphatic rings. The summed E-state index contributed by atoms with van der Waals surface area (Å²) in [6.45, 7) is 0. The van der Waals surface area contributed by atoms with Gasteiger partial charge < -0.3 is 4.90 Å². The summed E-state index contributed by atoms with van der Waals surface area (Å²) < 4.78 is 0. The molecule has 0 aliphatic heterocycles. The third-order valence-corrected chi connectivity index (χ3v) is 2.66. The number of pyridine rings is 1. The predicted octanol–water partition coefficient (Wildman–Crippen LogP) is 3.23. The molecule has 4 heteroatoms. The monoisotopic (exact) mass is 246 g/mol. The zero-order chi connectivity index (χ0) is 12.3. The molecule has 0 spiro atoms. The van der Waals surface area contributed by atoms with Crippen LogP contribution in [0.25, 0.3) is 0 Å². The van der Waals surface area contributed by atoms with Gasteiger partial charge in [0.1, 0.15) is 5.82 Å². The van der Waals surface area contributed by atoms with E-state index >= 15 is 0 Å². The maximum atomic E-state index is 11.3. The van der Waals surface area contributed by atoms with Gasteiger partial charge in [-0.2, -0.15) is 0 Å². The number of aromatic nitrogens is 1. The molecule has 0 atom stereocenters. The van der Waals surface area contributed by atoms with Gasteiger partial charge in [0.25, 0.3) is 5.24 Å². The van der Waals surface area contributed by atoms with Crippen molar-refractivity contribution in [3.05, 3.63) is 54.2 Å². The Morgan fingerprint density at radius 3 is 2.53 bits per heavy atom. The Morgan fingerprint density at radius 1 is 1.18 bits per heavy atom. The highest BCUT2D eigenvalue weighted by Crippen LogP contribution is 2.25. The Balaban J connectivity index is 2.44. The molecule has 1 heterocycles. The Kier molecular flexibility index (Phi) is 3.40. The number of hydrogen-bond acceptors (Lipinski definition) is 3. The van der Waals surface area contributed by atoms with Crippen LogP contribution in [0.4, 0.5) is 11.5 Å². The third kappa shape index (κ3) is 2.45. The van der Waals surface area contributed by atoms with Crippen molar-refractivity contribution in [3.8, 4) is 0 Å². The van der Waals surface area contributed by atoms with Crippen molar-refractivity contribution in [2.75, 3.05) is 11.9 Å². The zero-order valence-corrected chi connectivity index (χ0v) is 10.1. The van der Waals surface area contributed by atoms with Crippen LogP contribution in [0.3, 0.4) is 0 Å². The van der Waals surface area contributed by atoms with Gasteiger partial charge in [0.15, 0.2) is 0 Å². The number of nitrogens with zero attached hydrogens (tertiary/aromatic N) is 2. The fraction of sp³-hybridized carbons (Fsp3) is 0.0769. The molecule has 1 aromatic carbocycles. The Labute approximate surface area is 105 Å². The van der Waals surface area contributed by atoms with E-state index in [1.165, 1.54) is 0 Å². The highest BCUT2D eigenvalue weighted by molar-refractivity contribution is 6.68. The summed E-state index contributed by atoms with van der Waals surface area (Å²) in [6.07, 6.45) is 1.64. The van der Waals surface area contributed by atoms with Gasteiger partial charge in [0.05, 0.1) is 5.56 Å². The molecule has 0 bridgehead atoms. The standard InChI is InChI=1S/C13H11ClN2O/c1-16(10-6-3-2-4-7-10)13-11(12(14)17)8-5-9-15-13/h2-9H,1H3. The highest BCUT2D eigenvalue weighted by Gasteiger charge is 2.14. The summed E-state index contributed by atoms with van der Waals surface area (Å²) >= 11 is 5.53. The van der Waals surface area contributed by atoms with Crippen LogP contribution in [0.1, 0.15) is 10.4 Å². The Bertz CT molecular complexity index is 528. The van der Waals surface area contributed by atoms with Crippen LogP contribution < -0.4 is 4.90 Å². The SMILES string of the molecule is CN(c1ccccc1)c1ncccc1C(=O)Cl. The van der Waals surface area contributed by atoms with Gasteiger partial charge in [0, 0.05) is 18.9 Å². The first-order valence-corrected chi connectivity index (χ1v) is 5.51. The largest absolute Gasteiger partial charge is 0.329 e. The van der Waals surface area contributed by atoms with Crippen molar-refractivity contribution in [1.29, 1.82) is 0 Å². The molecule has 0 saturated heterocycles. The molecule has 0 unspecified atom stereocenters. The van der Waals surface area contributed by atoms with Gasteiger partial charge in [0.2, 0.25) is 0 Å². The molecule has 3 nitrogen and oxygen atoms in total. The van der Waals surface area contributed by atoms with Gasteiger partial charge in [-0.1, -0.05) is 18.2 Å². The van der Waals surface area contributed by atoms with Crippen molar-refractivity contribution >= 4 is 28.3 Å². The van der Waals surface area contributed by atoms with Gasteiger partial charge in [-0.3, -0.25) is 4.79 Å². The number of benzene rings is 1. The second kappa shape index (κ2) is 4.97. The quantitative estimate of drug-likeness (QED) is 0.780. The minimum Gasteiger partial charge on any atom is -0.329 e. The van der Waals surface area contributed by atoms with Crippen LogP contribution in [-0.2, 0) is 0 Å². The van der Waals surface area contributed by atoms with Gasteiger partial charge in [-0.15, -0.1) is 0 Å². The molecule has 2 aromatic rings. The normalized spacial score (nSPS) is 10.0. The van der Waals surface area contributed by atoms with Crippen LogP contribution in [0.2, 0.25) is 0 Å². The smallest absolute Gasteiger partial charge is 0.256 e. The molecular formula is C13H11ClN2O. The first kappa shape index (κ1) is 11.6. The lowest BCUT2D eigenvalue weighted by Gasteiger charge is -2.19. The first-order chi connectivity index (χ1) is 8.20. The van der Waals surface area contributed by atoms with E-state index in [-0.39, 0.29) is 0 Å². The number of hydrogen-bond donors (Lipinski definition) is 0. The van der Waals surface area contributed by atoms with E-state index < -0.39 is 5.24 Å². The average Bonchev–Trinajstić information content (AvgIpc) is 2.39. The van der Waals surface area contributed by atoms with E-state index in [4.69, 9.17) is 11.6 Å². The number of anilines is 2. The highest BCUT2D eigenvalue weighted by atomic mass is 35.5. The molecular weight excluding hydrogens is 236 g/mol. The topological polar surface area (TPSA) is 33.2 Å². The number of halogens is 1. The van der Waals surface area contributed by atoms with Crippen molar-refractivity contribution < 1.29 is 4.79 Å². The summed E-state index contributed by atoms with van der Waals surface area (Å²) in [5.41, 5.74) is 1.35. The van der Waals surface area contributed by atoms with Crippen molar-refractivity contribution in [3.63, 3.8) is 0 Å². The van der Waals surface area contributed by atoms with Crippen molar-refractivity contribution in [2.24, 2.45) is 0 Å². The maximum Gasteiger partial charge on any atom is 0.256 e. The number of carbonyl (C=O) groups excluding carboxylic acids is 1. The Morgan fingerprint density at radius 2 is 1.88 bits per heavy atom. The second-order valence-corrected chi connectivity index (χ2v) is 3.89. The van der Waals surface area contributed by atoms with Crippen LogP contribution in [0, 0.1) is 0 Å². The second-order valence-electron chi connectivity index (χ2n) is 3.54. The minimum absolute atomic E-state index is 0.403. The van der Waals surface area contributed by atoms with Gasteiger partial charge in [-0.25, -0.2) is 4.98 Å². The van der Waals surface area contributed by atoms with Gasteiger partial charge >= 0.3 is 0 Å². The van der Waals surface area contributed by atoms with Crippen molar-refractivity contribution in [2.45, 2.75) is 0 Å². The fourth-order valence-electron chi connectivity index (χ4n) is 1.59. The summed E-state index contributed by atoms with van der Waals surface area (Å²) in [5.74, 6) is 0.554. The predicted molar refractivity (Wildman–Crippen MR) is 68.9 cm³/mol. The molecule has 86 valence electrons. The number of rotatable bonds is 3. The van der Waals surface area contributed by atoms with Gasteiger partial charge in [-0.05, 0) is 35.9 Å². The first-order valence-electron chi connectivity index (χ1n) is 5.14. The zero-order valence-electron chi connectivity index (χ0n) is 9.30. The lowest BCUT2D eigenvalue weighted by Crippen LogP contribution is -2.14. The molecule has 0 radical (unpaired) electrons. The molecule has 1 aromatic heterocycles. The van der Waals surface area contributed by atoms with E-state index in [0.29, 0.717) is 11.4 Å². The van der Waals surface area contributed by atoms with E-state index in [1.807, 2.05) is 42.3 Å². The fourth-order valence-corrected chi connectivity index (χ4v) is 1.74. The minimum atomic E-state index is -0.504. The number of carbonyl (C=O) groups is 1. The third-order valence-electron chi connectivity index (χ3n) is 2.46. The number of para-hydroxylation sites is 1. The summed E-state index contributed by atoms with van der Waals surface area (Å²) in [5, 5.41) is -0.504. The molecule has 0 N–H and O–H groups in total. The van der Waals surface area contributed by atoms with E-state index in [1.54, 1.807) is 18.3 Å².